The Morgan fingerprint density at radius 3 is 2.38 bits per heavy atom. The molecule has 2 N–H and O–H groups in total. The van der Waals surface area contributed by atoms with Gasteiger partial charge < -0.3 is 4.52 Å². The Labute approximate surface area is 145 Å². The van der Waals surface area contributed by atoms with Crippen LogP contribution in [0.3, 0.4) is 0 Å². The molecule has 0 bridgehead atoms. The van der Waals surface area contributed by atoms with Gasteiger partial charge in [0.05, 0.1) is 11.5 Å². The van der Waals surface area contributed by atoms with E-state index in [1.54, 1.807) is 31.2 Å². The van der Waals surface area contributed by atoms with E-state index in [4.69, 9.17) is 16.1 Å². The zero-order valence-corrected chi connectivity index (χ0v) is 15.1. The number of nitrogens with zero attached hydrogens (tertiary/aromatic N) is 1. The lowest BCUT2D eigenvalue weighted by Crippen LogP contribution is -2.32. The molecule has 0 amide bonds. The number of halogens is 1. The molecule has 2 aromatic rings. The van der Waals surface area contributed by atoms with Gasteiger partial charge in [-0.05, 0) is 24.6 Å². The molecular weight excluding hydrogens is 378 g/mol. The van der Waals surface area contributed by atoms with E-state index in [0.29, 0.717) is 16.3 Å². The second-order valence-corrected chi connectivity index (χ2v) is 9.11. The molecule has 0 aliphatic carbocycles. The topological polar surface area (TPSA) is 118 Å². The van der Waals surface area contributed by atoms with E-state index in [0.717, 1.165) is 0 Å². The Hall–Kier alpha value is -1.62. The van der Waals surface area contributed by atoms with Crippen LogP contribution in [0.5, 0.6) is 0 Å². The second-order valence-electron chi connectivity index (χ2n) is 5.02. The maximum Gasteiger partial charge on any atom is 0.235 e. The van der Waals surface area contributed by atoms with E-state index in [2.05, 4.69) is 14.6 Å². The molecular formula is C13H16ClN3O5S2. The average molecular weight is 394 g/mol. The Morgan fingerprint density at radius 1 is 1.12 bits per heavy atom. The van der Waals surface area contributed by atoms with Crippen molar-refractivity contribution in [2.45, 2.75) is 12.7 Å². The van der Waals surface area contributed by atoms with Gasteiger partial charge in [0, 0.05) is 17.6 Å². The number of anilines is 1. The maximum absolute atomic E-state index is 11.9. The van der Waals surface area contributed by atoms with Gasteiger partial charge in [0.15, 0.2) is 5.82 Å². The van der Waals surface area contributed by atoms with Crippen LogP contribution in [0.25, 0.3) is 0 Å². The molecule has 1 aromatic heterocycles. The van der Waals surface area contributed by atoms with Gasteiger partial charge >= 0.3 is 0 Å². The number of benzene rings is 1. The smallest absolute Gasteiger partial charge is 0.235 e. The van der Waals surface area contributed by atoms with Crippen LogP contribution in [0, 0.1) is 6.92 Å². The Balaban J connectivity index is 1.86. The molecule has 0 saturated heterocycles. The van der Waals surface area contributed by atoms with Crippen molar-refractivity contribution in [3.63, 3.8) is 0 Å². The van der Waals surface area contributed by atoms with Crippen LogP contribution in [0.2, 0.25) is 5.02 Å². The Bertz CT molecular complexity index is 892. The van der Waals surface area contributed by atoms with Gasteiger partial charge in [0.25, 0.3) is 0 Å². The number of aryl methyl sites for hydroxylation is 1. The van der Waals surface area contributed by atoms with Crippen molar-refractivity contribution in [3.05, 3.63) is 46.7 Å². The van der Waals surface area contributed by atoms with Gasteiger partial charge in [-0.3, -0.25) is 4.72 Å². The predicted octanol–water partition coefficient (Wildman–Crippen LogP) is 1.50. The normalized spacial score (nSPS) is 12.2. The van der Waals surface area contributed by atoms with Gasteiger partial charge in [0.1, 0.15) is 5.76 Å². The van der Waals surface area contributed by atoms with Crippen LogP contribution >= 0.6 is 11.6 Å². The fourth-order valence-electron chi connectivity index (χ4n) is 1.81. The first-order valence-corrected chi connectivity index (χ1v) is 10.5. The van der Waals surface area contributed by atoms with Crippen molar-refractivity contribution in [2.24, 2.45) is 0 Å². The molecule has 1 heterocycles. The third-order valence-electron chi connectivity index (χ3n) is 2.85. The number of aromatic nitrogens is 1. The summed E-state index contributed by atoms with van der Waals surface area (Å²) in [5.41, 5.74) is 0.547. The molecule has 11 heteroatoms. The summed E-state index contributed by atoms with van der Waals surface area (Å²) in [5, 5.41) is 4.01. The molecule has 132 valence electrons. The van der Waals surface area contributed by atoms with E-state index in [1.807, 2.05) is 0 Å². The van der Waals surface area contributed by atoms with Crippen molar-refractivity contribution in [1.82, 2.24) is 9.88 Å². The Morgan fingerprint density at radius 2 is 1.79 bits per heavy atom. The van der Waals surface area contributed by atoms with E-state index in [-0.39, 0.29) is 18.1 Å². The lowest BCUT2D eigenvalue weighted by molar-refractivity contribution is 0.400. The molecule has 2 rings (SSSR count). The van der Waals surface area contributed by atoms with Gasteiger partial charge in [0.2, 0.25) is 20.0 Å². The quantitative estimate of drug-likeness (QED) is 0.701. The highest BCUT2D eigenvalue weighted by molar-refractivity contribution is 7.92. The number of nitrogens with one attached hydrogen (secondary N) is 2. The minimum absolute atomic E-state index is 0.0523. The third-order valence-corrected chi connectivity index (χ3v) is 5.72. The van der Waals surface area contributed by atoms with Crippen LogP contribution in [-0.2, 0) is 25.8 Å². The zero-order chi connectivity index (χ0) is 17.8. The molecule has 0 saturated carbocycles. The van der Waals surface area contributed by atoms with Gasteiger partial charge in [-0.1, -0.05) is 28.9 Å². The highest BCUT2D eigenvalue weighted by Crippen LogP contribution is 2.12. The molecule has 0 aliphatic heterocycles. The van der Waals surface area contributed by atoms with E-state index in [9.17, 15) is 16.8 Å². The van der Waals surface area contributed by atoms with Gasteiger partial charge in [-0.25, -0.2) is 21.6 Å². The molecule has 24 heavy (non-hydrogen) atoms. The first-order chi connectivity index (χ1) is 11.2. The summed E-state index contributed by atoms with van der Waals surface area (Å²) < 4.78 is 56.8. The summed E-state index contributed by atoms with van der Waals surface area (Å²) in [5.74, 6) is -0.188. The number of hydrogen-bond acceptors (Lipinski definition) is 6. The molecule has 0 atom stereocenters. The maximum atomic E-state index is 11.9. The average Bonchev–Trinajstić information content (AvgIpc) is 2.85. The lowest BCUT2D eigenvalue weighted by atomic mass is 10.2. The highest BCUT2D eigenvalue weighted by atomic mass is 35.5. The molecule has 0 fully saturated rings. The van der Waals surface area contributed by atoms with Crippen molar-refractivity contribution in [2.75, 3.05) is 17.0 Å². The highest BCUT2D eigenvalue weighted by Gasteiger charge is 2.16. The van der Waals surface area contributed by atoms with E-state index in [1.165, 1.54) is 6.07 Å². The van der Waals surface area contributed by atoms with E-state index < -0.39 is 25.8 Å². The van der Waals surface area contributed by atoms with Crippen LogP contribution in [-0.4, -0.2) is 34.3 Å². The van der Waals surface area contributed by atoms with Crippen LogP contribution < -0.4 is 9.44 Å². The fourth-order valence-corrected chi connectivity index (χ4v) is 4.10. The van der Waals surface area contributed by atoms with Crippen LogP contribution in [0.4, 0.5) is 5.82 Å². The summed E-state index contributed by atoms with van der Waals surface area (Å²) >= 11 is 5.73. The van der Waals surface area contributed by atoms with Crippen LogP contribution in [0.1, 0.15) is 11.3 Å². The Kier molecular flexibility index (Phi) is 5.86. The summed E-state index contributed by atoms with van der Waals surface area (Å²) in [6.07, 6.45) is 0. The molecule has 0 unspecified atom stereocenters. The fraction of sp³-hybridized carbons (Fsp3) is 0.308. The molecule has 0 spiro atoms. The van der Waals surface area contributed by atoms with Crippen molar-refractivity contribution in [1.29, 1.82) is 0 Å². The molecule has 8 nitrogen and oxygen atoms in total. The summed E-state index contributed by atoms with van der Waals surface area (Å²) in [4.78, 5) is 0. The summed E-state index contributed by atoms with van der Waals surface area (Å²) in [6.45, 7) is 1.36. The van der Waals surface area contributed by atoms with Crippen LogP contribution in [0.15, 0.2) is 34.9 Å². The summed E-state index contributed by atoms with van der Waals surface area (Å²) in [7, 11) is -7.40. The van der Waals surface area contributed by atoms with Crippen molar-refractivity contribution >= 4 is 37.5 Å². The van der Waals surface area contributed by atoms with Gasteiger partial charge in [-0.2, -0.15) is 0 Å². The summed E-state index contributed by atoms with van der Waals surface area (Å²) in [6, 6.07) is 7.77. The minimum Gasteiger partial charge on any atom is -0.360 e. The molecule has 0 aliphatic rings. The zero-order valence-electron chi connectivity index (χ0n) is 12.7. The van der Waals surface area contributed by atoms with E-state index >= 15 is 0 Å². The predicted molar refractivity (Wildman–Crippen MR) is 90.7 cm³/mol. The molecule has 1 aromatic carbocycles. The van der Waals surface area contributed by atoms with Crippen molar-refractivity contribution in [3.8, 4) is 0 Å². The number of hydrogen-bond donors (Lipinski definition) is 2. The van der Waals surface area contributed by atoms with Gasteiger partial charge in [-0.15, -0.1) is 0 Å². The first kappa shape index (κ1) is 18.7. The number of sulfonamides is 2. The largest absolute Gasteiger partial charge is 0.360 e. The third kappa shape index (κ3) is 6.11. The SMILES string of the molecule is Cc1cc(NS(=O)(=O)CCNS(=O)(=O)Cc2ccc(Cl)cc2)no1. The minimum atomic E-state index is -3.74. The first-order valence-electron chi connectivity index (χ1n) is 6.81. The molecule has 0 radical (unpaired) electrons. The van der Waals surface area contributed by atoms with Crippen molar-refractivity contribution < 1.29 is 21.4 Å². The monoisotopic (exact) mass is 393 g/mol. The lowest BCUT2D eigenvalue weighted by Gasteiger charge is -2.08. The number of rotatable bonds is 8. The standard InChI is InChI=1S/C13H16ClN3O5S2/c1-10-8-13(16-22-10)17-23(18,19)7-6-15-24(20,21)9-11-2-4-12(14)5-3-11/h2-5,8,15H,6-7,9H2,1H3,(H,16,17). The second kappa shape index (κ2) is 7.51.